The first-order valence-electron chi connectivity index (χ1n) is 43.3. The van der Waals surface area contributed by atoms with Crippen LogP contribution in [0.2, 0.25) is 0 Å². The van der Waals surface area contributed by atoms with Crippen LogP contribution in [0.25, 0.3) is 10.9 Å². The molecule has 23 N–H and O–H groups in total. The molecule has 1 aromatic heterocycles. The van der Waals surface area contributed by atoms with Crippen LogP contribution in [0.15, 0.2) is 65.8 Å². The molecular formula is C85H133N17O20. The van der Waals surface area contributed by atoms with Crippen LogP contribution < -0.4 is 75.7 Å². The van der Waals surface area contributed by atoms with Crippen LogP contribution in [0.4, 0.5) is 0 Å². The standard InChI is InChI=1S/C85H133N17O20/c1-3-4-34-61(94-80(118)68(51-104)100-82(120)70(53-106)101-81(119)69(52-105)99-76(114)62(37-27-44-86)95-79(117)67(50-103)91-72(109)40-23-15-13-11-9-7-5-6-8-10-12-14-16-24-41-73(110)111)74(112)96-64-43-42-57(108)32-21-18-22-35-59(54(2)107)92-78(116)66(48-56-49-90-60-36-26-25-33-58(56)60)97-75(113)63(38-28-45-89-85(87)88)93-77(115)65(47-55-30-19-17-20-31-55)98-83(121)71-39-29-46-102(71)84(64)122/h17,19-20,25-26,30-31,33,36,49,59,61-71,90,103-106H,3-16,18,21-24,27-29,32,34-35,37-48,50-53,86H2,1-2H3,(H,91,109)(H,92,116)(H,93,115)(H,94,118)(H,95,117)(H,96,112)(H,97,113)(H,98,121)(H,99,114)(H,100,120)(H,101,119)(H,110,111)(H4,87,88,89)/t59-,61-,62-,63-,64-,65+,66-,67+,68-,69+,70-,71-/m0/s1. The van der Waals surface area contributed by atoms with Gasteiger partial charge in [-0.3, -0.25) is 76.9 Å². The highest BCUT2D eigenvalue weighted by atomic mass is 16.4. The largest absolute Gasteiger partial charge is 0.481 e. The molecule has 2 saturated heterocycles. The highest BCUT2D eigenvalue weighted by molar-refractivity contribution is 6.00. The minimum absolute atomic E-state index is 0.0114. The van der Waals surface area contributed by atoms with E-state index in [4.69, 9.17) is 22.3 Å². The van der Waals surface area contributed by atoms with Crippen LogP contribution in [-0.4, -0.2) is 248 Å². The van der Waals surface area contributed by atoms with E-state index in [1.165, 1.54) is 11.8 Å². The number of amides is 12. The number of para-hydroxylation sites is 1. The van der Waals surface area contributed by atoms with Gasteiger partial charge in [-0.15, -0.1) is 0 Å². The number of rotatable bonds is 49. The van der Waals surface area contributed by atoms with E-state index >= 15 is 4.79 Å². The number of aliphatic imine (C=N–C) groups is 1. The molecule has 12 amide bonds. The van der Waals surface area contributed by atoms with Gasteiger partial charge >= 0.3 is 5.97 Å². The van der Waals surface area contributed by atoms with E-state index in [2.05, 4.69) is 68.5 Å². The molecule has 0 spiro atoms. The van der Waals surface area contributed by atoms with Crippen molar-refractivity contribution in [1.82, 2.24) is 68.4 Å². The van der Waals surface area contributed by atoms with E-state index < -0.39 is 176 Å². The number of benzene rings is 2. The average molecular weight is 1710 g/mol. The number of aliphatic hydroxyl groups excluding tert-OH is 4. The Hall–Kier alpha value is -10.5. The van der Waals surface area contributed by atoms with E-state index in [9.17, 15) is 87.5 Å². The van der Waals surface area contributed by atoms with Crippen LogP contribution in [-0.2, 0) is 84.8 Å². The van der Waals surface area contributed by atoms with Gasteiger partial charge in [-0.1, -0.05) is 158 Å². The molecular weight excluding hydrogens is 1580 g/mol. The van der Waals surface area contributed by atoms with Crippen LogP contribution >= 0.6 is 0 Å². The highest BCUT2D eigenvalue weighted by Gasteiger charge is 2.42. The lowest BCUT2D eigenvalue weighted by Gasteiger charge is -2.31. The van der Waals surface area contributed by atoms with Crippen molar-refractivity contribution < 1.29 is 97.5 Å². The predicted octanol–water partition coefficient (Wildman–Crippen LogP) is 0.457. The lowest BCUT2D eigenvalue weighted by Crippen LogP contribution is -2.62. The zero-order valence-electron chi connectivity index (χ0n) is 70.7. The van der Waals surface area contributed by atoms with Crippen LogP contribution in [0.5, 0.6) is 0 Å². The first-order valence-corrected chi connectivity index (χ1v) is 43.3. The van der Waals surface area contributed by atoms with Crippen molar-refractivity contribution in [2.24, 2.45) is 22.2 Å². The summed E-state index contributed by atoms with van der Waals surface area (Å²) in [5.41, 5.74) is 19.0. The molecule has 5 rings (SSSR count). The van der Waals surface area contributed by atoms with Crippen molar-refractivity contribution in [2.75, 3.05) is 46.1 Å². The first-order chi connectivity index (χ1) is 58.6. The van der Waals surface area contributed by atoms with Crippen LogP contribution in [0.3, 0.4) is 0 Å². The third-order valence-corrected chi connectivity index (χ3v) is 21.8. The number of Topliss-reactive ketones (excluding diaryl/α,β-unsaturated/α-hetero) is 2. The maximum absolute atomic E-state index is 15.2. The number of aromatic nitrogens is 1. The number of carbonyl (C=O) groups excluding carboxylic acids is 14. The molecule has 2 aliphatic rings. The Balaban J connectivity index is 1.27. The average Bonchev–Trinajstić information content (AvgIpc) is 1.61. The van der Waals surface area contributed by atoms with Gasteiger partial charge in [0.2, 0.25) is 70.9 Å². The number of aromatic amines is 1. The SMILES string of the molecule is CCCC[C@H](NC(=O)[C@H](CO)NC(=O)[C@H](CO)NC(=O)[C@@H](CO)NC(=O)[C@H](CCCN)NC(=O)[C@@H](CO)NC(=O)CCCCCCCCCCCCCCCCC(=O)O)C(=O)N[C@H]1CCC(=O)CCCCC[C@@H](C(C)=O)NC(=O)[C@H](Cc2c[nH]c3ccccc23)NC(=O)[C@H](CCCN=C(N)N)NC(=O)[C@@H](Cc2ccccc2)NC(=O)[C@@H]2CCCN2C1=O. The second-order valence-corrected chi connectivity index (χ2v) is 31.6. The van der Waals surface area contributed by atoms with Crippen molar-refractivity contribution in [3.8, 4) is 0 Å². The molecule has 2 aromatic carbocycles. The number of hydrogen-bond acceptors (Lipinski definition) is 21. The van der Waals surface area contributed by atoms with Crippen molar-refractivity contribution >= 4 is 105 Å². The van der Waals surface area contributed by atoms with E-state index in [-0.39, 0.29) is 140 Å². The fourth-order valence-electron chi connectivity index (χ4n) is 14.7. The summed E-state index contributed by atoms with van der Waals surface area (Å²) in [6.07, 6.45) is 17.2. The summed E-state index contributed by atoms with van der Waals surface area (Å²) in [6, 6.07) is -2.10. The van der Waals surface area contributed by atoms with Gasteiger partial charge in [-0.05, 0) is 108 Å². The zero-order chi connectivity index (χ0) is 89.3. The maximum Gasteiger partial charge on any atom is 0.303 e. The third-order valence-electron chi connectivity index (χ3n) is 21.8. The van der Waals surface area contributed by atoms with E-state index in [1.807, 2.05) is 24.3 Å². The Morgan fingerprint density at radius 1 is 0.508 bits per heavy atom. The van der Waals surface area contributed by atoms with E-state index in [1.54, 1.807) is 43.5 Å². The summed E-state index contributed by atoms with van der Waals surface area (Å²) in [7, 11) is 0. The van der Waals surface area contributed by atoms with Crippen molar-refractivity contribution in [3.05, 3.63) is 71.9 Å². The van der Waals surface area contributed by atoms with E-state index in [0.29, 0.717) is 49.7 Å². The lowest BCUT2D eigenvalue weighted by molar-refractivity contribution is -0.143. The number of nitrogens with zero attached hydrogens (tertiary/aromatic N) is 2. The van der Waals surface area contributed by atoms with Gasteiger partial charge < -0.3 is 111 Å². The molecule has 0 bridgehead atoms. The Kier molecular flexibility index (Phi) is 47.7. The minimum Gasteiger partial charge on any atom is -0.481 e. The summed E-state index contributed by atoms with van der Waals surface area (Å²) >= 11 is 0. The fraction of sp³-hybridized carbons (Fsp3) is 0.647. The number of carboxylic acid groups (broad SMARTS) is 1. The number of H-pyrrole nitrogens is 1. The van der Waals surface area contributed by atoms with Gasteiger partial charge in [0.1, 0.15) is 72.2 Å². The number of carbonyl (C=O) groups is 15. The second kappa shape index (κ2) is 57.0. The molecule has 37 nitrogen and oxygen atoms in total. The summed E-state index contributed by atoms with van der Waals surface area (Å²) in [5, 5.41) is 79.1. The monoisotopic (exact) mass is 1710 g/mol. The number of carboxylic acids is 1. The minimum atomic E-state index is -1.93. The van der Waals surface area contributed by atoms with Crippen LogP contribution in [0.1, 0.15) is 230 Å². The number of unbranched alkanes of at least 4 members (excludes halogenated alkanes) is 14. The first kappa shape index (κ1) is 102. The maximum atomic E-state index is 15.2. The second-order valence-electron chi connectivity index (χ2n) is 31.6. The number of hydrogen-bond donors (Lipinski definition) is 20. The van der Waals surface area contributed by atoms with Gasteiger partial charge in [0.05, 0.1) is 32.5 Å². The number of aliphatic carboxylic acids is 1. The van der Waals surface area contributed by atoms with Gasteiger partial charge in [-0.25, -0.2) is 0 Å². The smallest absolute Gasteiger partial charge is 0.303 e. The normalized spacial score (nSPS) is 19.4. The Morgan fingerprint density at radius 2 is 1.00 bits per heavy atom. The van der Waals surface area contributed by atoms with Crippen molar-refractivity contribution in [3.63, 3.8) is 0 Å². The summed E-state index contributed by atoms with van der Waals surface area (Å²) in [6.45, 7) is -1.08. The molecule has 0 saturated carbocycles. The number of guanidine groups is 1. The molecule has 122 heavy (non-hydrogen) atoms. The molecule has 0 radical (unpaired) electrons. The number of aliphatic hydroxyl groups is 4. The summed E-state index contributed by atoms with van der Waals surface area (Å²) in [5.74, 6) is -12.7. The number of ketones is 2. The summed E-state index contributed by atoms with van der Waals surface area (Å²) in [4.78, 5) is 217. The molecule has 2 fully saturated rings. The number of nitrogens with one attached hydrogen (secondary N) is 12. The lowest BCUT2D eigenvalue weighted by atomic mass is 9.99. The van der Waals surface area contributed by atoms with Gasteiger partial charge in [0.15, 0.2) is 11.7 Å². The highest BCUT2D eigenvalue weighted by Crippen LogP contribution is 2.24. The molecule has 2 aliphatic heterocycles. The Labute approximate surface area is 712 Å². The molecule has 37 heteroatoms. The fourth-order valence-corrected chi connectivity index (χ4v) is 14.7. The molecule has 3 heterocycles. The molecule has 0 aliphatic carbocycles. The number of nitrogens with two attached hydrogens (primary N) is 3. The third kappa shape index (κ3) is 37.1. The van der Waals surface area contributed by atoms with Crippen LogP contribution in [0, 0.1) is 0 Å². The zero-order valence-corrected chi connectivity index (χ0v) is 70.7. The van der Waals surface area contributed by atoms with Gasteiger partial charge in [0, 0.05) is 68.7 Å². The van der Waals surface area contributed by atoms with Gasteiger partial charge in [-0.2, -0.15) is 0 Å². The molecule has 3 aromatic rings. The van der Waals surface area contributed by atoms with Crippen molar-refractivity contribution in [1.29, 1.82) is 0 Å². The Bertz CT molecular complexity index is 3880. The molecule has 12 atom stereocenters. The Morgan fingerprint density at radius 3 is 1.56 bits per heavy atom. The van der Waals surface area contributed by atoms with E-state index in [0.717, 1.165) is 88.0 Å². The topological polar surface area (TPSA) is 599 Å². The predicted molar refractivity (Wildman–Crippen MR) is 454 cm³/mol. The number of fused-ring (bicyclic) bond motifs is 2. The molecule has 0 unspecified atom stereocenters. The van der Waals surface area contributed by atoms with Crippen molar-refractivity contribution in [2.45, 2.75) is 305 Å². The summed E-state index contributed by atoms with van der Waals surface area (Å²) < 4.78 is 0. The van der Waals surface area contributed by atoms with Gasteiger partial charge in [0.25, 0.3) is 0 Å². The molecule has 678 valence electrons. The quantitative estimate of drug-likeness (QED) is 0.0207.